The van der Waals surface area contributed by atoms with E-state index >= 15 is 0 Å². The zero-order chi connectivity index (χ0) is 16.1. The summed E-state index contributed by atoms with van der Waals surface area (Å²) in [6, 6.07) is 18.7. The van der Waals surface area contributed by atoms with E-state index in [1.807, 2.05) is 36.4 Å². The lowest BCUT2D eigenvalue weighted by molar-refractivity contribution is 0.102. The first-order valence-electron chi connectivity index (χ1n) is 7.28. The van der Waals surface area contributed by atoms with Crippen LogP contribution in [0.2, 0.25) is 0 Å². The van der Waals surface area contributed by atoms with Crippen molar-refractivity contribution in [3.05, 3.63) is 78.0 Å². The van der Waals surface area contributed by atoms with Crippen LogP contribution >= 0.6 is 0 Å². The molecule has 0 spiro atoms. The Labute approximate surface area is 134 Å². The summed E-state index contributed by atoms with van der Waals surface area (Å²) in [6.07, 6.45) is 1.77. The molecular formula is C18H17N3O2. The van der Waals surface area contributed by atoms with Crippen LogP contribution in [0.1, 0.15) is 15.9 Å². The van der Waals surface area contributed by atoms with Crippen molar-refractivity contribution in [1.82, 2.24) is 9.78 Å². The Morgan fingerprint density at radius 2 is 1.96 bits per heavy atom. The fraction of sp³-hybridized carbons (Fsp3) is 0.111. The molecule has 0 bridgehead atoms. The molecule has 1 amide bonds. The number of rotatable bonds is 5. The van der Waals surface area contributed by atoms with Crippen LogP contribution in [0.4, 0.5) is 5.82 Å². The van der Waals surface area contributed by atoms with Crippen LogP contribution in [0.15, 0.2) is 66.9 Å². The summed E-state index contributed by atoms with van der Waals surface area (Å²) < 4.78 is 7.37. The fourth-order valence-electron chi connectivity index (χ4n) is 2.14. The molecule has 0 fully saturated rings. The minimum Gasteiger partial charge on any atom is -0.489 e. The molecule has 3 rings (SSSR count). The quantitative estimate of drug-likeness (QED) is 0.787. The van der Waals surface area contributed by atoms with Crippen molar-refractivity contribution < 1.29 is 9.53 Å². The Kier molecular flexibility index (Phi) is 4.38. The summed E-state index contributed by atoms with van der Waals surface area (Å²) in [5.74, 6) is 0.962. The zero-order valence-corrected chi connectivity index (χ0v) is 12.8. The van der Waals surface area contributed by atoms with Crippen LogP contribution in [0.25, 0.3) is 0 Å². The van der Waals surface area contributed by atoms with Gasteiger partial charge in [-0.1, -0.05) is 36.4 Å². The SMILES string of the molecule is Cn1ccc(NC(=O)c2cccc(OCc3ccccc3)c2)n1. The van der Waals surface area contributed by atoms with Gasteiger partial charge >= 0.3 is 0 Å². The molecule has 3 aromatic rings. The number of benzene rings is 2. The topological polar surface area (TPSA) is 56.2 Å². The van der Waals surface area contributed by atoms with E-state index in [2.05, 4.69) is 10.4 Å². The van der Waals surface area contributed by atoms with Crippen molar-refractivity contribution in [2.24, 2.45) is 7.05 Å². The maximum atomic E-state index is 12.2. The first-order chi connectivity index (χ1) is 11.2. The Balaban J connectivity index is 1.65. The number of amides is 1. The minimum atomic E-state index is -0.214. The number of anilines is 1. The van der Waals surface area contributed by atoms with Gasteiger partial charge in [0, 0.05) is 24.9 Å². The lowest BCUT2D eigenvalue weighted by Gasteiger charge is -2.08. The largest absolute Gasteiger partial charge is 0.489 e. The number of ether oxygens (including phenoxy) is 1. The van der Waals surface area contributed by atoms with Crippen molar-refractivity contribution in [3.63, 3.8) is 0 Å². The average Bonchev–Trinajstić information content (AvgIpc) is 2.99. The van der Waals surface area contributed by atoms with E-state index in [-0.39, 0.29) is 5.91 Å². The molecule has 0 unspecified atom stereocenters. The summed E-state index contributed by atoms with van der Waals surface area (Å²) in [6.45, 7) is 0.464. The van der Waals surface area contributed by atoms with E-state index < -0.39 is 0 Å². The highest BCUT2D eigenvalue weighted by Gasteiger charge is 2.08. The molecule has 2 aromatic carbocycles. The van der Waals surface area contributed by atoms with Crippen LogP contribution in [-0.2, 0) is 13.7 Å². The van der Waals surface area contributed by atoms with Crippen LogP contribution in [0.3, 0.4) is 0 Å². The molecule has 1 heterocycles. The second kappa shape index (κ2) is 6.79. The number of aryl methyl sites for hydroxylation is 1. The smallest absolute Gasteiger partial charge is 0.256 e. The fourth-order valence-corrected chi connectivity index (χ4v) is 2.14. The van der Waals surface area contributed by atoms with Crippen molar-refractivity contribution in [2.75, 3.05) is 5.32 Å². The van der Waals surface area contributed by atoms with Gasteiger partial charge in [-0.25, -0.2) is 0 Å². The molecule has 0 saturated carbocycles. The molecular weight excluding hydrogens is 290 g/mol. The highest BCUT2D eigenvalue weighted by Crippen LogP contribution is 2.16. The third-order valence-electron chi connectivity index (χ3n) is 3.30. The van der Waals surface area contributed by atoms with E-state index in [1.54, 1.807) is 42.2 Å². The van der Waals surface area contributed by atoms with Gasteiger partial charge in [0.05, 0.1) is 0 Å². The number of hydrogen-bond acceptors (Lipinski definition) is 3. The number of carbonyl (C=O) groups excluding carboxylic acids is 1. The number of nitrogens with one attached hydrogen (secondary N) is 1. The van der Waals surface area contributed by atoms with Crippen LogP contribution in [0, 0.1) is 0 Å². The monoisotopic (exact) mass is 307 g/mol. The van der Waals surface area contributed by atoms with Gasteiger partial charge in [-0.2, -0.15) is 5.10 Å². The van der Waals surface area contributed by atoms with Crippen LogP contribution < -0.4 is 10.1 Å². The second-order valence-electron chi connectivity index (χ2n) is 5.13. The molecule has 116 valence electrons. The minimum absolute atomic E-state index is 0.214. The van der Waals surface area contributed by atoms with Crippen molar-refractivity contribution in [3.8, 4) is 5.75 Å². The summed E-state index contributed by atoms with van der Waals surface area (Å²) in [5.41, 5.74) is 1.61. The second-order valence-corrected chi connectivity index (χ2v) is 5.13. The lowest BCUT2D eigenvalue weighted by Crippen LogP contribution is -2.12. The molecule has 1 N–H and O–H groups in total. The van der Waals surface area contributed by atoms with Gasteiger partial charge in [0.15, 0.2) is 5.82 Å². The maximum Gasteiger partial charge on any atom is 0.256 e. The van der Waals surface area contributed by atoms with Gasteiger partial charge < -0.3 is 10.1 Å². The van der Waals surface area contributed by atoms with Gasteiger partial charge in [-0.05, 0) is 23.8 Å². The zero-order valence-electron chi connectivity index (χ0n) is 12.8. The molecule has 1 aromatic heterocycles. The third kappa shape index (κ3) is 3.97. The van der Waals surface area contributed by atoms with Gasteiger partial charge in [-0.15, -0.1) is 0 Å². The van der Waals surface area contributed by atoms with Gasteiger partial charge in [0.2, 0.25) is 0 Å². The number of aromatic nitrogens is 2. The number of carbonyl (C=O) groups is 1. The lowest BCUT2D eigenvalue weighted by atomic mass is 10.2. The van der Waals surface area contributed by atoms with Crippen LogP contribution in [-0.4, -0.2) is 15.7 Å². The molecule has 0 radical (unpaired) electrons. The highest BCUT2D eigenvalue weighted by atomic mass is 16.5. The molecule has 5 heteroatoms. The molecule has 0 atom stereocenters. The Morgan fingerprint density at radius 3 is 2.70 bits per heavy atom. The maximum absolute atomic E-state index is 12.2. The average molecular weight is 307 g/mol. The van der Waals surface area contributed by atoms with E-state index in [0.29, 0.717) is 23.7 Å². The normalized spacial score (nSPS) is 10.3. The number of nitrogens with zero attached hydrogens (tertiary/aromatic N) is 2. The van der Waals surface area contributed by atoms with E-state index in [9.17, 15) is 4.79 Å². The summed E-state index contributed by atoms with van der Waals surface area (Å²) >= 11 is 0. The van der Waals surface area contributed by atoms with Gasteiger partial charge in [0.25, 0.3) is 5.91 Å². The third-order valence-corrected chi connectivity index (χ3v) is 3.30. The van der Waals surface area contributed by atoms with Crippen molar-refractivity contribution in [1.29, 1.82) is 0 Å². The first kappa shape index (κ1) is 14.8. The summed E-state index contributed by atoms with van der Waals surface area (Å²) in [7, 11) is 1.80. The molecule has 0 aliphatic carbocycles. The number of hydrogen-bond donors (Lipinski definition) is 1. The standard InChI is InChI=1S/C18H17N3O2/c1-21-11-10-17(20-21)19-18(22)15-8-5-9-16(12-15)23-13-14-6-3-2-4-7-14/h2-12H,13H2,1H3,(H,19,20,22). The molecule has 23 heavy (non-hydrogen) atoms. The van der Waals surface area contributed by atoms with E-state index in [1.165, 1.54) is 0 Å². The Morgan fingerprint density at radius 1 is 1.13 bits per heavy atom. The first-order valence-corrected chi connectivity index (χ1v) is 7.28. The highest BCUT2D eigenvalue weighted by molar-refractivity contribution is 6.03. The van der Waals surface area contributed by atoms with Crippen molar-refractivity contribution >= 4 is 11.7 Å². The van der Waals surface area contributed by atoms with E-state index in [0.717, 1.165) is 5.56 Å². The predicted octanol–water partition coefficient (Wildman–Crippen LogP) is 3.25. The Hall–Kier alpha value is -3.08. The summed E-state index contributed by atoms with van der Waals surface area (Å²) in [4.78, 5) is 12.2. The predicted molar refractivity (Wildman–Crippen MR) is 88.4 cm³/mol. The molecule has 0 aliphatic heterocycles. The van der Waals surface area contributed by atoms with E-state index in [4.69, 9.17) is 4.74 Å². The van der Waals surface area contributed by atoms with Crippen LogP contribution in [0.5, 0.6) is 5.75 Å². The molecule has 0 aliphatic rings. The van der Waals surface area contributed by atoms with Gasteiger partial charge in [-0.3, -0.25) is 9.48 Å². The molecule has 0 saturated heterocycles. The van der Waals surface area contributed by atoms with Crippen molar-refractivity contribution in [2.45, 2.75) is 6.61 Å². The Bertz CT molecular complexity index is 797. The molecule has 5 nitrogen and oxygen atoms in total. The van der Waals surface area contributed by atoms with Gasteiger partial charge in [0.1, 0.15) is 12.4 Å². The summed E-state index contributed by atoms with van der Waals surface area (Å²) in [5, 5.41) is 6.88.